The average molecular weight is 290 g/mol. The summed E-state index contributed by atoms with van der Waals surface area (Å²) in [5.74, 6) is 1.26. The van der Waals surface area contributed by atoms with Gasteiger partial charge in [-0.25, -0.2) is 14.4 Å². The zero-order valence-electron chi connectivity index (χ0n) is 12.4. The van der Waals surface area contributed by atoms with Crippen molar-refractivity contribution < 1.29 is 9.13 Å². The van der Waals surface area contributed by atoms with E-state index in [1.54, 1.807) is 12.1 Å². The molecular weight excluding hydrogens is 271 g/mol. The van der Waals surface area contributed by atoms with Gasteiger partial charge in [0.2, 0.25) is 0 Å². The minimum absolute atomic E-state index is 0.216. The Morgan fingerprint density at radius 3 is 2.62 bits per heavy atom. The number of aromatic nitrogens is 2. The molecule has 1 aromatic carbocycles. The van der Waals surface area contributed by atoms with E-state index in [4.69, 9.17) is 4.74 Å². The lowest BCUT2D eigenvalue weighted by Gasteiger charge is -2.14. The Labute approximate surface area is 123 Å². The van der Waals surface area contributed by atoms with Crippen LogP contribution in [0.3, 0.4) is 0 Å². The summed E-state index contributed by atoms with van der Waals surface area (Å²) in [7, 11) is 3.26. The van der Waals surface area contributed by atoms with Gasteiger partial charge in [0.1, 0.15) is 18.0 Å². The largest absolute Gasteiger partial charge is 0.494 e. The van der Waals surface area contributed by atoms with Gasteiger partial charge in [0, 0.05) is 24.4 Å². The van der Waals surface area contributed by atoms with E-state index in [1.807, 2.05) is 7.05 Å². The molecule has 0 aliphatic heterocycles. The predicted molar refractivity (Wildman–Crippen MR) is 81.8 cm³/mol. The second kappa shape index (κ2) is 6.88. The van der Waals surface area contributed by atoms with E-state index >= 15 is 0 Å². The summed E-state index contributed by atoms with van der Waals surface area (Å²) in [6, 6.07) is 4.71. The molecule has 0 unspecified atom stereocenters. The van der Waals surface area contributed by atoms with Gasteiger partial charge in [0.15, 0.2) is 11.6 Å². The molecule has 21 heavy (non-hydrogen) atoms. The summed E-state index contributed by atoms with van der Waals surface area (Å²) in [6.45, 7) is 2.09. The maximum absolute atomic E-state index is 13.7. The Morgan fingerprint density at radius 1 is 1.24 bits per heavy atom. The molecule has 0 aliphatic carbocycles. The molecule has 0 aliphatic rings. The average Bonchev–Trinajstić information content (AvgIpc) is 2.49. The molecule has 1 aromatic heterocycles. The number of halogens is 1. The minimum atomic E-state index is -0.414. The van der Waals surface area contributed by atoms with Crippen LogP contribution in [-0.2, 0) is 6.42 Å². The third kappa shape index (κ3) is 3.39. The Morgan fingerprint density at radius 2 is 2.00 bits per heavy atom. The van der Waals surface area contributed by atoms with Crippen molar-refractivity contribution in [1.82, 2.24) is 9.97 Å². The molecule has 2 N–H and O–H groups in total. The van der Waals surface area contributed by atoms with Gasteiger partial charge in [-0.1, -0.05) is 13.3 Å². The first-order valence-electron chi connectivity index (χ1n) is 6.81. The fraction of sp³-hybridized carbons (Fsp3) is 0.333. The molecule has 2 aromatic rings. The van der Waals surface area contributed by atoms with Gasteiger partial charge in [0.05, 0.1) is 7.11 Å². The molecule has 1 heterocycles. The zero-order valence-corrected chi connectivity index (χ0v) is 12.4. The summed E-state index contributed by atoms with van der Waals surface area (Å²) in [5.41, 5.74) is 1.60. The number of hydrogen-bond acceptors (Lipinski definition) is 5. The maximum atomic E-state index is 13.7. The zero-order chi connectivity index (χ0) is 15.2. The van der Waals surface area contributed by atoms with Crippen LogP contribution >= 0.6 is 0 Å². The molecule has 0 saturated heterocycles. The van der Waals surface area contributed by atoms with Gasteiger partial charge in [-0.2, -0.15) is 0 Å². The molecule has 0 radical (unpaired) electrons. The monoisotopic (exact) mass is 290 g/mol. The number of hydrogen-bond donors (Lipinski definition) is 2. The van der Waals surface area contributed by atoms with E-state index in [-0.39, 0.29) is 5.75 Å². The second-order valence-electron chi connectivity index (χ2n) is 4.52. The van der Waals surface area contributed by atoms with Gasteiger partial charge in [-0.05, 0) is 18.6 Å². The van der Waals surface area contributed by atoms with Crippen molar-refractivity contribution in [3.8, 4) is 5.75 Å². The van der Waals surface area contributed by atoms with E-state index in [0.29, 0.717) is 11.5 Å². The topological polar surface area (TPSA) is 59.1 Å². The molecule has 2 rings (SSSR count). The smallest absolute Gasteiger partial charge is 0.167 e. The van der Waals surface area contributed by atoms with Crippen molar-refractivity contribution in [2.45, 2.75) is 19.8 Å². The lowest BCUT2D eigenvalue weighted by atomic mass is 10.1. The Kier molecular flexibility index (Phi) is 4.92. The number of nitrogens with zero attached hydrogens (tertiary/aromatic N) is 2. The highest BCUT2D eigenvalue weighted by Gasteiger charge is 2.11. The molecule has 0 amide bonds. The SMILES string of the molecule is CCCc1c(NC)ncnc1Nc1ccc(OC)c(F)c1. The molecule has 0 bridgehead atoms. The number of benzene rings is 1. The molecule has 0 atom stereocenters. The first-order valence-corrected chi connectivity index (χ1v) is 6.81. The van der Waals surface area contributed by atoms with Crippen LogP contribution in [0.2, 0.25) is 0 Å². The van der Waals surface area contributed by atoms with Crippen molar-refractivity contribution in [2.24, 2.45) is 0 Å². The van der Waals surface area contributed by atoms with Crippen LogP contribution in [0, 0.1) is 5.82 Å². The lowest BCUT2D eigenvalue weighted by Crippen LogP contribution is -2.05. The normalized spacial score (nSPS) is 10.3. The van der Waals surface area contributed by atoms with Crippen molar-refractivity contribution in [3.05, 3.63) is 35.9 Å². The molecular formula is C15H19FN4O. The van der Waals surface area contributed by atoms with Gasteiger partial charge in [0.25, 0.3) is 0 Å². The molecule has 0 saturated carbocycles. The van der Waals surface area contributed by atoms with E-state index in [2.05, 4.69) is 27.5 Å². The summed E-state index contributed by atoms with van der Waals surface area (Å²) in [4.78, 5) is 8.46. The first kappa shape index (κ1) is 15.0. The lowest BCUT2D eigenvalue weighted by molar-refractivity contribution is 0.386. The van der Waals surface area contributed by atoms with E-state index in [1.165, 1.54) is 19.5 Å². The number of ether oxygens (including phenoxy) is 1. The Bertz CT molecular complexity index is 619. The van der Waals surface area contributed by atoms with Crippen LogP contribution in [0.15, 0.2) is 24.5 Å². The quantitative estimate of drug-likeness (QED) is 0.854. The highest BCUT2D eigenvalue weighted by Crippen LogP contribution is 2.27. The second-order valence-corrected chi connectivity index (χ2v) is 4.52. The summed E-state index contributed by atoms with van der Waals surface area (Å²) in [6.07, 6.45) is 3.28. The Hall–Kier alpha value is -2.37. The summed E-state index contributed by atoms with van der Waals surface area (Å²) >= 11 is 0. The first-order chi connectivity index (χ1) is 10.2. The number of anilines is 3. The van der Waals surface area contributed by atoms with Gasteiger partial charge >= 0.3 is 0 Å². The van der Waals surface area contributed by atoms with Crippen molar-refractivity contribution in [1.29, 1.82) is 0 Å². The van der Waals surface area contributed by atoms with Crippen molar-refractivity contribution in [2.75, 3.05) is 24.8 Å². The molecule has 0 fully saturated rings. The summed E-state index contributed by atoms with van der Waals surface area (Å²) < 4.78 is 18.6. The van der Waals surface area contributed by atoms with Crippen LogP contribution in [0.1, 0.15) is 18.9 Å². The summed E-state index contributed by atoms with van der Waals surface area (Å²) in [5, 5.41) is 6.19. The van der Waals surface area contributed by atoms with Crippen molar-refractivity contribution >= 4 is 17.3 Å². The third-order valence-electron chi connectivity index (χ3n) is 3.10. The van der Waals surface area contributed by atoms with Crippen LogP contribution in [0.4, 0.5) is 21.7 Å². The van der Waals surface area contributed by atoms with Gasteiger partial charge in [-0.3, -0.25) is 0 Å². The van der Waals surface area contributed by atoms with Crippen LogP contribution in [0.25, 0.3) is 0 Å². The number of rotatable bonds is 6. The number of nitrogens with one attached hydrogen (secondary N) is 2. The standard InChI is InChI=1S/C15H19FN4O/c1-4-5-11-14(17-2)18-9-19-15(11)20-10-6-7-13(21-3)12(16)8-10/h6-9H,4-5H2,1-3H3,(H2,17,18,19,20). The predicted octanol–water partition coefficient (Wildman–Crippen LogP) is 3.36. The molecule has 5 nitrogen and oxygen atoms in total. The molecule has 0 spiro atoms. The van der Waals surface area contributed by atoms with Gasteiger partial charge in [-0.15, -0.1) is 0 Å². The third-order valence-corrected chi connectivity index (χ3v) is 3.10. The fourth-order valence-electron chi connectivity index (χ4n) is 2.10. The fourth-order valence-corrected chi connectivity index (χ4v) is 2.10. The molecule has 112 valence electrons. The minimum Gasteiger partial charge on any atom is -0.494 e. The van der Waals surface area contributed by atoms with Crippen molar-refractivity contribution in [3.63, 3.8) is 0 Å². The number of methoxy groups -OCH3 is 1. The van der Waals surface area contributed by atoms with Crippen LogP contribution in [0.5, 0.6) is 5.75 Å². The van der Waals surface area contributed by atoms with Crippen LogP contribution in [-0.4, -0.2) is 24.1 Å². The van der Waals surface area contributed by atoms with E-state index in [9.17, 15) is 4.39 Å². The van der Waals surface area contributed by atoms with E-state index in [0.717, 1.165) is 24.2 Å². The molecule has 6 heteroatoms. The Balaban J connectivity index is 2.32. The highest BCUT2D eigenvalue weighted by atomic mass is 19.1. The maximum Gasteiger partial charge on any atom is 0.167 e. The van der Waals surface area contributed by atoms with E-state index < -0.39 is 5.82 Å². The van der Waals surface area contributed by atoms with Crippen LogP contribution < -0.4 is 15.4 Å². The highest BCUT2D eigenvalue weighted by molar-refractivity contribution is 5.65. The van der Waals surface area contributed by atoms with Gasteiger partial charge < -0.3 is 15.4 Å².